The van der Waals surface area contributed by atoms with E-state index in [9.17, 15) is 0 Å². The molecule has 0 saturated carbocycles. The molecule has 0 aliphatic heterocycles. The SMILES string of the molecule is NCCCCn1cnc2c(N)nc(N)nc21. The van der Waals surface area contributed by atoms with Crippen LogP contribution in [0.2, 0.25) is 0 Å². The molecular formula is C9H15N7. The van der Waals surface area contributed by atoms with Gasteiger partial charge in [-0.05, 0) is 19.4 Å². The number of fused-ring (bicyclic) bond motifs is 1. The highest BCUT2D eigenvalue weighted by atomic mass is 15.2. The second-order valence-corrected chi connectivity index (χ2v) is 3.57. The summed E-state index contributed by atoms with van der Waals surface area (Å²) in [5.74, 6) is 0.491. The van der Waals surface area contributed by atoms with Crippen molar-refractivity contribution in [1.29, 1.82) is 0 Å². The first-order valence-electron chi connectivity index (χ1n) is 5.16. The third-order valence-corrected chi connectivity index (χ3v) is 2.36. The van der Waals surface area contributed by atoms with Crippen LogP contribution >= 0.6 is 0 Å². The molecule has 7 nitrogen and oxygen atoms in total. The molecule has 0 spiro atoms. The predicted molar refractivity (Wildman–Crippen MR) is 62.4 cm³/mol. The third-order valence-electron chi connectivity index (χ3n) is 2.36. The average molecular weight is 221 g/mol. The minimum absolute atomic E-state index is 0.172. The van der Waals surface area contributed by atoms with Crippen molar-refractivity contribution in [2.75, 3.05) is 18.0 Å². The van der Waals surface area contributed by atoms with Gasteiger partial charge < -0.3 is 21.8 Å². The lowest BCUT2D eigenvalue weighted by Crippen LogP contribution is -2.05. The van der Waals surface area contributed by atoms with Gasteiger partial charge in [0.15, 0.2) is 11.5 Å². The van der Waals surface area contributed by atoms with Gasteiger partial charge >= 0.3 is 0 Å². The van der Waals surface area contributed by atoms with E-state index in [0.717, 1.165) is 19.4 Å². The van der Waals surface area contributed by atoms with Crippen molar-refractivity contribution < 1.29 is 0 Å². The van der Waals surface area contributed by atoms with Crippen LogP contribution in [0, 0.1) is 0 Å². The van der Waals surface area contributed by atoms with Crippen LogP contribution < -0.4 is 17.2 Å². The van der Waals surface area contributed by atoms with Gasteiger partial charge in [0.1, 0.15) is 5.52 Å². The monoisotopic (exact) mass is 221 g/mol. The summed E-state index contributed by atoms with van der Waals surface area (Å²) in [6, 6.07) is 0. The highest BCUT2D eigenvalue weighted by Gasteiger charge is 2.09. The van der Waals surface area contributed by atoms with Gasteiger partial charge in [-0.1, -0.05) is 0 Å². The van der Waals surface area contributed by atoms with E-state index in [0.29, 0.717) is 23.5 Å². The number of nitrogens with two attached hydrogens (primary N) is 3. The lowest BCUT2D eigenvalue weighted by atomic mass is 10.3. The van der Waals surface area contributed by atoms with E-state index in [1.54, 1.807) is 6.33 Å². The van der Waals surface area contributed by atoms with Gasteiger partial charge in [0.05, 0.1) is 6.33 Å². The highest BCUT2D eigenvalue weighted by molar-refractivity contribution is 5.82. The first kappa shape index (κ1) is 10.6. The lowest BCUT2D eigenvalue weighted by molar-refractivity contribution is 0.623. The number of hydrogen-bond acceptors (Lipinski definition) is 6. The number of hydrogen-bond donors (Lipinski definition) is 3. The molecule has 0 atom stereocenters. The normalized spacial score (nSPS) is 11.1. The van der Waals surface area contributed by atoms with Crippen LogP contribution in [-0.4, -0.2) is 26.1 Å². The first-order valence-corrected chi connectivity index (χ1v) is 5.16. The number of unbranched alkanes of at least 4 members (excludes halogenated alkanes) is 1. The van der Waals surface area contributed by atoms with E-state index in [1.807, 2.05) is 4.57 Å². The Bertz CT molecular complexity index is 490. The van der Waals surface area contributed by atoms with Crippen molar-refractivity contribution in [1.82, 2.24) is 19.5 Å². The Labute approximate surface area is 92.7 Å². The number of aryl methyl sites for hydroxylation is 1. The lowest BCUT2D eigenvalue weighted by Gasteiger charge is -2.03. The maximum atomic E-state index is 5.70. The summed E-state index contributed by atoms with van der Waals surface area (Å²) in [5.41, 5.74) is 18.0. The van der Waals surface area contributed by atoms with Crippen LogP contribution in [0.1, 0.15) is 12.8 Å². The molecule has 0 aliphatic carbocycles. The maximum Gasteiger partial charge on any atom is 0.224 e. The van der Waals surface area contributed by atoms with Crippen molar-refractivity contribution in [2.24, 2.45) is 5.73 Å². The summed E-state index contributed by atoms with van der Waals surface area (Å²) < 4.78 is 1.92. The second kappa shape index (κ2) is 4.31. The number of aromatic nitrogens is 4. The number of imidazole rings is 1. The van der Waals surface area contributed by atoms with Crippen LogP contribution in [0.25, 0.3) is 11.2 Å². The molecule has 2 heterocycles. The molecule has 2 aromatic heterocycles. The fourth-order valence-electron chi connectivity index (χ4n) is 1.57. The Morgan fingerprint density at radius 1 is 1.19 bits per heavy atom. The van der Waals surface area contributed by atoms with Crippen molar-refractivity contribution in [3.63, 3.8) is 0 Å². The maximum absolute atomic E-state index is 5.70. The molecule has 0 saturated heterocycles. The molecule has 0 aromatic carbocycles. The van der Waals surface area contributed by atoms with Gasteiger partial charge in [0.2, 0.25) is 5.95 Å². The molecule has 0 radical (unpaired) electrons. The fourth-order valence-corrected chi connectivity index (χ4v) is 1.57. The van der Waals surface area contributed by atoms with Gasteiger partial charge in [-0.2, -0.15) is 9.97 Å². The molecule has 7 heteroatoms. The van der Waals surface area contributed by atoms with E-state index >= 15 is 0 Å². The molecule has 16 heavy (non-hydrogen) atoms. The Hall–Kier alpha value is -1.89. The summed E-state index contributed by atoms with van der Waals surface area (Å²) >= 11 is 0. The minimum Gasteiger partial charge on any atom is -0.382 e. The highest BCUT2D eigenvalue weighted by Crippen LogP contribution is 2.17. The zero-order valence-electron chi connectivity index (χ0n) is 8.93. The Morgan fingerprint density at radius 2 is 2.00 bits per heavy atom. The van der Waals surface area contributed by atoms with E-state index in [-0.39, 0.29) is 5.95 Å². The standard InChI is InChI=1S/C9H15N7/c10-3-1-2-4-16-5-13-6-7(11)14-9(12)15-8(6)16/h5H,1-4,10H2,(H4,11,12,14,15). The molecule has 0 fully saturated rings. The summed E-state index contributed by atoms with van der Waals surface area (Å²) in [6.07, 6.45) is 3.65. The van der Waals surface area contributed by atoms with Gasteiger partial charge in [-0.25, -0.2) is 4.98 Å². The average Bonchev–Trinajstić information content (AvgIpc) is 2.62. The van der Waals surface area contributed by atoms with E-state index in [1.165, 1.54) is 0 Å². The smallest absolute Gasteiger partial charge is 0.224 e. The molecule has 0 amide bonds. The second-order valence-electron chi connectivity index (χ2n) is 3.57. The van der Waals surface area contributed by atoms with Crippen LogP contribution in [-0.2, 0) is 6.54 Å². The number of anilines is 2. The van der Waals surface area contributed by atoms with Crippen LogP contribution in [0.3, 0.4) is 0 Å². The van der Waals surface area contributed by atoms with E-state index < -0.39 is 0 Å². The molecule has 6 N–H and O–H groups in total. The van der Waals surface area contributed by atoms with Gasteiger partial charge in [0.25, 0.3) is 0 Å². The quantitative estimate of drug-likeness (QED) is 0.611. The van der Waals surface area contributed by atoms with Crippen LogP contribution in [0.15, 0.2) is 6.33 Å². The predicted octanol–water partition coefficient (Wildman–Crippen LogP) is -0.270. The molecule has 2 rings (SSSR count). The van der Waals surface area contributed by atoms with Gasteiger partial charge in [-0.3, -0.25) is 0 Å². The van der Waals surface area contributed by atoms with Crippen LogP contribution in [0.5, 0.6) is 0 Å². The fraction of sp³-hybridized carbons (Fsp3) is 0.444. The molecule has 2 aromatic rings. The molecule has 0 aliphatic rings. The van der Waals surface area contributed by atoms with Gasteiger partial charge in [-0.15, -0.1) is 0 Å². The van der Waals surface area contributed by atoms with Crippen molar-refractivity contribution in [3.05, 3.63) is 6.33 Å². The summed E-state index contributed by atoms with van der Waals surface area (Å²) in [4.78, 5) is 12.2. The van der Waals surface area contributed by atoms with Crippen LogP contribution in [0.4, 0.5) is 11.8 Å². The summed E-state index contributed by atoms with van der Waals surface area (Å²) in [5, 5.41) is 0. The van der Waals surface area contributed by atoms with Crippen molar-refractivity contribution >= 4 is 22.9 Å². The third kappa shape index (κ3) is 1.89. The molecule has 86 valence electrons. The Kier molecular flexibility index (Phi) is 2.86. The Balaban J connectivity index is 2.32. The minimum atomic E-state index is 0.172. The largest absolute Gasteiger partial charge is 0.382 e. The first-order chi connectivity index (χ1) is 7.72. The number of nitrogen functional groups attached to an aromatic ring is 2. The number of nitrogens with zero attached hydrogens (tertiary/aromatic N) is 4. The summed E-state index contributed by atoms with van der Waals surface area (Å²) in [7, 11) is 0. The Morgan fingerprint density at radius 3 is 2.75 bits per heavy atom. The summed E-state index contributed by atoms with van der Waals surface area (Å²) in [6.45, 7) is 1.50. The van der Waals surface area contributed by atoms with Crippen molar-refractivity contribution in [3.8, 4) is 0 Å². The van der Waals surface area contributed by atoms with Crippen molar-refractivity contribution in [2.45, 2.75) is 19.4 Å². The van der Waals surface area contributed by atoms with E-state index in [4.69, 9.17) is 17.2 Å². The van der Waals surface area contributed by atoms with E-state index in [2.05, 4.69) is 15.0 Å². The molecule has 0 bridgehead atoms. The molecular weight excluding hydrogens is 206 g/mol. The molecule has 0 unspecified atom stereocenters. The van der Waals surface area contributed by atoms with Gasteiger partial charge in [0, 0.05) is 6.54 Å². The topological polar surface area (TPSA) is 122 Å². The number of rotatable bonds is 4. The zero-order chi connectivity index (χ0) is 11.5. The zero-order valence-corrected chi connectivity index (χ0v) is 8.93.